The predicted molar refractivity (Wildman–Crippen MR) is 73.9 cm³/mol. The highest BCUT2D eigenvalue weighted by atomic mass is 19.1. The zero-order valence-electron chi connectivity index (χ0n) is 11.4. The van der Waals surface area contributed by atoms with Crippen LogP contribution in [0.5, 0.6) is 11.5 Å². The summed E-state index contributed by atoms with van der Waals surface area (Å²) in [6.45, 7) is 0. The van der Waals surface area contributed by atoms with Crippen LogP contribution in [0.4, 0.5) is 14.5 Å². The van der Waals surface area contributed by atoms with E-state index in [4.69, 9.17) is 9.47 Å². The van der Waals surface area contributed by atoms with E-state index in [2.05, 4.69) is 5.32 Å². The summed E-state index contributed by atoms with van der Waals surface area (Å²) in [5.74, 6) is -1.85. The van der Waals surface area contributed by atoms with Crippen molar-refractivity contribution in [3.8, 4) is 11.5 Å². The molecular formula is C15H13F2NO3. The Morgan fingerprint density at radius 3 is 2.19 bits per heavy atom. The van der Waals surface area contributed by atoms with Gasteiger partial charge in [0.1, 0.15) is 17.2 Å². The van der Waals surface area contributed by atoms with Gasteiger partial charge in [0.2, 0.25) is 0 Å². The Kier molecular flexibility index (Phi) is 4.37. The Hall–Kier alpha value is -2.63. The highest BCUT2D eigenvalue weighted by Crippen LogP contribution is 2.30. The third-order valence-corrected chi connectivity index (χ3v) is 2.83. The van der Waals surface area contributed by atoms with E-state index in [1.165, 1.54) is 32.4 Å². The van der Waals surface area contributed by atoms with Crippen LogP contribution in [0.3, 0.4) is 0 Å². The van der Waals surface area contributed by atoms with E-state index in [0.717, 1.165) is 12.1 Å². The van der Waals surface area contributed by atoms with Gasteiger partial charge in [0.15, 0.2) is 11.5 Å². The van der Waals surface area contributed by atoms with Crippen molar-refractivity contribution in [2.75, 3.05) is 19.5 Å². The van der Waals surface area contributed by atoms with Crippen LogP contribution in [0, 0.1) is 11.6 Å². The number of anilines is 1. The van der Waals surface area contributed by atoms with Crippen molar-refractivity contribution in [2.24, 2.45) is 0 Å². The van der Waals surface area contributed by atoms with E-state index in [9.17, 15) is 13.6 Å². The lowest BCUT2D eigenvalue weighted by Crippen LogP contribution is -2.15. The van der Waals surface area contributed by atoms with Crippen molar-refractivity contribution >= 4 is 11.6 Å². The standard InChI is InChI=1S/C15H13F2NO3/c1-20-12-7-6-9(8-13(12)21-2)18-15(19)14-10(16)4-3-5-11(14)17/h3-8H,1-2H3,(H,18,19). The third-order valence-electron chi connectivity index (χ3n) is 2.83. The maximum atomic E-state index is 13.5. The zero-order chi connectivity index (χ0) is 15.4. The number of hydrogen-bond donors (Lipinski definition) is 1. The maximum Gasteiger partial charge on any atom is 0.261 e. The van der Waals surface area contributed by atoms with E-state index < -0.39 is 23.1 Å². The molecular weight excluding hydrogens is 280 g/mol. The fourth-order valence-electron chi connectivity index (χ4n) is 1.82. The Morgan fingerprint density at radius 1 is 1.00 bits per heavy atom. The first-order valence-corrected chi connectivity index (χ1v) is 6.04. The molecule has 0 aromatic heterocycles. The molecule has 0 aliphatic heterocycles. The number of ether oxygens (including phenoxy) is 2. The summed E-state index contributed by atoms with van der Waals surface area (Å²) in [5.41, 5.74) is -0.299. The summed E-state index contributed by atoms with van der Waals surface area (Å²) in [6.07, 6.45) is 0. The molecule has 0 heterocycles. The Bertz CT molecular complexity index is 654. The van der Waals surface area contributed by atoms with Crippen LogP contribution in [0.2, 0.25) is 0 Å². The van der Waals surface area contributed by atoms with Gasteiger partial charge in [-0.25, -0.2) is 8.78 Å². The number of amides is 1. The molecule has 0 spiro atoms. The average molecular weight is 293 g/mol. The van der Waals surface area contributed by atoms with Gasteiger partial charge in [0.25, 0.3) is 5.91 Å². The number of methoxy groups -OCH3 is 2. The number of nitrogens with one attached hydrogen (secondary N) is 1. The summed E-state index contributed by atoms with van der Waals surface area (Å²) in [4.78, 5) is 11.9. The molecule has 0 aliphatic carbocycles. The Morgan fingerprint density at radius 2 is 1.62 bits per heavy atom. The molecule has 2 aromatic carbocycles. The van der Waals surface area contributed by atoms with Crippen LogP contribution in [-0.4, -0.2) is 20.1 Å². The van der Waals surface area contributed by atoms with Crippen molar-refractivity contribution in [3.63, 3.8) is 0 Å². The molecule has 0 bridgehead atoms. The number of benzene rings is 2. The molecule has 21 heavy (non-hydrogen) atoms. The summed E-state index contributed by atoms with van der Waals surface area (Å²) >= 11 is 0. The maximum absolute atomic E-state index is 13.5. The topological polar surface area (TPSA) is 47.6 Å². The number of hydrogen-bond acceptors (Lipinski definition) is 3. The fraction of sp³-hybridized carbons (Fsp3) is 0.133. The van der Waals surface area contributed by atoms with Gasteiger partial charge in [-0.05, 0) is 24.3 Å². The molecule has 0 fully saturated rings. The minimum Gasteiger partial charge on any atom is -0.493 e. The Labute approximate surface area is 120 Å². The van der Waals surface area contributed by atoms with Crippen LogP contribution in [0.25, 0.3) is 0 Å². The van der Waals surface area contributed by atoms with Gasteiger partial charge in [-0.15, -0.1) is 0 Å². The molecule has 2 aromatic rings. The van der Waals surface area contributed by atoms with Gasteiger partial charge < -0.3 is 14.8 Å². The lowest BCUT2D eigenvalue weighted by atomic mass is 10.1. The quantitative estimate of drug-likeness (QED) is 0.941. The molecule has 6 heteroatoms. The van der Waals surface area contributed by atoms with Gasteiger partial charge in [0.05, 0.1) is 14.2 Å². The average Bonchev–Trinajstić information content (AvgIpc) is 2.46. The second-order valence-corrected chi connectivity index (χ2v) is 4.12. The largest absolute Gasteiger partial charge is 0.493 e. The normalized spacial score (nSPS) is 10.1. The van der Waals surface area contributed by atoms with E-state index in [0.29, 0.717) is 17.2 Å². The van der Waals surface area contributed by atoms with E-state index in [-0.39, 0.29) is 0 Å². The molecule has 110 valence electrons. The van der Waals surface area contributed by atoms with Crippen molar-refractivity contribution in [1.29, 1.82) is 0 Å². The molecule has 0 unspecified atom stereocenters. The molecule has 1 N–H and O–H groups in total. The van der Waals surface area contributed by atoms with Gasteiger partial charge >= 0.3 is 0 Å². The fourth-order valence-corrected chi connectivity index (χ4v) is 1.82. The summed E-state index contributed by atoms with van der Waals surface area (Å²) in [6, 6.07) is 7.84. The van der Waals surface area contributed by atoms with Crippen molar-refractivity contribution in [3.05, 3.63) is 53.6 Å². The lowest BCUT2D eigenvalue weighted by Gasteiger charge is -2.11. The second-order valence-electron chi connectivity index (χ2n) is 4.12. The first-order valence-electron chi connectivity index (χ1n) is 6.04. The second kappa shape index (κ2) is 6.21. The predicted octanol–water partition coefficient (Wildman–Crippen LogP) is 3.23. The minimum absolute atomic E-state index is 0.334. The molecule has 0 radical (unpaired) electrons. The molecule has 0 atom stereocenters. The Balaban J connectivity index is 2.28. The molecule has 1 amide bonds. The van der Waals surface area contributed by atoms with Gasteiger partial charge in [-0.3, -0.25) is 4.79 Å². The monoisotopic (exact) mass is 293 g/mol. The van der Waals surface area contributed by atoms with Gasteiger partial charge in [-0.2, -0.15) is 0 Å². The number of carbonyl (C=O) groups is 1. The summed E-state index contributed by atoms with van der Waals surface area (Å²) in [5, 5.41) is 2.41. The third kappa shape index (κ3) is 3.10. The number of rotatable bonds is 4. The van der Waals surface area contributed by atoms with Crippen LogP contribution in [-0.2, 0) is 0 Å². The molecule has 4 nitrogen and oxygen atoms in total. The minimum atomic E-state index is -0.923. The van der Waals surface area contributed by atoms with Crippen molar-refractivity contribution in [1.82, 2.24) is 0 Å². The van der Waals surface area contributed by atoms with E-state index in [1.807, 2.05) is 0 Å². The smallest absolute Gasteiger partial charge is 0.261 e. The first-order chi connectivity index (χ1) is 10.1. The SMILES string of the molecule is COc1ccc(NC(=O)c2c(F)cccc2F)cc1OC. The van der Waals surface area contributed by atoms with Gasteiger partial charge in [-0.1, -0.05) is 6.07 Å². The lowest BCUT2D eigenvalue weighted by molar-refractivity contribution is 0.101. The van der Waals surface area contributed by atoms with Crippen LogP contribution in [0.15, 0.2) is 36.4 Å². The van der Waals surface area contributed by atoms with E-state index in [1.54, 1.807) is 6.07 Å². The highest BCUT2D eigenvalue weighted by molar-refractivity contribution is 6.04. The highest BCUT2D eigenvalue weighted by Gasteiger charge is 2.17. The molecule has 0 aliphatic rings. The molecule has 2 rings (SSSR count). The number of carbonyl (C=O) groups excluding carboxylic acids is 1. The van der Waals surface area contributed by atoms with Crippen LogP contribution in [0.1, 0.15) is 10.4 Å². The summed E-state index contributed by atoms with van der Waals surface area (Å²) in [7, 11) is 2.92. The summed E-state index contributed by atoms with van der Waals surface area (Å²) < 4.78 is 37.2. The first kappa shape index (κ1) is 14.8. The molecule has 0 saturated carbocycles. The van der Waals surface area contributed by atoms with Crippen LogP contribution < -0.4 is 14.8 Å². The zero-order valence-corrected chi connectivity index (χ0v) is 11.4. The van der Waals surface area contributed by atoms with Crippen molar-refractivity contribution < 1.29 is 23.0 Å². The number of halogens is 2. The van der Waals surface area contributed by atoms with Crippen LogP contribution >= 0.6 is 0 Å². The van der Waals surface area contributed by atoms with Gasteiger partial charge in [0, 0.05) is 11.8 Å². The van der Waals surface area contributed by atoms with E-state index >= 15 is 0 Å². The van der Waals surface area contributed by atoms with Crippen molar-refractivity contribution in [2.45, 2.75) is 0 Å². The molecule has 0 saturated heterocycles.